The number of hydrogen-bond acceptors (Lipinski definition) is 2. The van der Waals surface area contributed by atoms with Crippen LogP contribution in [0, 0.1) is 5.41 Å². The van der Waals surface area contributed by atoms with Crippen LogP contribution >= 0.6 is 0 Å². The number of nitrogens with zero attached hydrogens (tertiary/aromatic N) is 1. The third-order valence-electron chi connectivity index (χ3n) is 3.75. The number of carbonyl (C=O) groups excluding carboxylic acids is 2. The molecule has 1 heterocycles. The zero-order chi connectivity index (χ0) is 16.2. The summed E-state index contributed by atoms with van der Waals surface area (Å²) >= 11 is 0. The second kappa shape index (κ2) is 6.95. The van der Waals surface area contributed by atoms with Gasteiger partial charge in [0.1, 0.15) is 0 Å². The van der Waals surface area contributed by atoms with E-state index in [1.54, 1.807) is 0 Å². The molecule has 0 aliphatic carbocycles. The van der Waals surface area contributed by atoms with E-state index in [4.69, 9.17) is 0 Å². The quantitative estimate of drug-likeness (QED) is 0.929. The molecule has 1 aliphatic rings. The molecule has 22 heavy (non-hydrogen) atoms. The second-order valence-electron chi connectivity index (χ2n) is 7.21. The van der Waals surface area contributed by atoms with Crippen LogP contribution < -0.4 is 5.32 Å². The number of benzene rings is 1. The Labute approximate surface area is 132 Å². The topological polar surface area (TPSA) is 49.4 Å². The molecule has 1 aliphatic heterocycles. The van der Waals surface area contributed by atoms with Gasteiger partial charge >= 0.3 is 0 Å². The summed E-state index contributed by atoms with van der Waals surface area (Å²) < 4.78 is 0. The predicted octanol–water partition coefficient (Wildman–Crippen LogP) is 2.98. The Morgan fingerprint density at radius 2 is 1.86 bits per heavy atom. The van der Waals surface area contributed by atoms with Gasteiger partial charge in [-0.1, -0.05) is 32.9 Å². The third-order valence-corrected chi connectivity index (χ3v) is 3.75. The zero-order valence-electron chi connectivity index (χ0n) is 13.8. The standard InChI is InChI=1S/C18H26N2O2/c1-18(2,3)12-16(21)19-13-14-7-6-8-15(11-14)17(22)20-9-4-5-10-20/h6-8,11H,4-5,9-10,12-13H2,1-3H3,(H,19,21). The number of carbonyl (C=O) groups is 2. The molecule has 1 saturated heterocycles. The summed E-state index contributed by atoms with van der Waals surface area (Å²) in [6, 6.07) is 7.56. The van der Waals surface area contributed by atoms with Crippen LogP contribution in [0.1, 0.15) is 56.0 Å². The zero-order valence-corrected chi connectivity index (χ0v) is 13.8. The molecule has 0 atom stereocenters. The van der Waals surface area contributed by atoms with Gasteiger partial charge in [-0.2, -0.15) is 0 Å². The number of hydrogen-bond donors (Lipinski definition) is 1. The molecule has 0 saturated carbocycles. The van der Waals surface area contributed by atoms with Crippen molar-refractivity contribution in [3.8, 4) is 0 Å². The van der Waals surface area contributed by atoms with E-state index in [9.17, 15) is 9.59 Å². The van der Waals surface area contributed by atoms with E-state index < -0.39 is 0 Å². The Morgan fingerprint density at radius 1 is 1.18 bits per heavy atom. The lowest BCUT2D eigenvalue weighted by atomic mass is 9.92. The molecule has 0 spiro atoms. The lowest BCUT2D eigenvalue weighted by Gasteiger charge is -2.18. The van der Waals surface area contributed by atoms with Crippen molar-refractivity contribution in [2.75, 3.05) is 13.1 Å². The smallest absolute Gasteiger partial charge is 0.253 e. The van der Waals surface area contributed by atoms with Crippen LogP contribution in [-0.2, 0) is 11.3 Å². The summed E-state index contributed by atoms with van der Waals surface area (Å²) in [6.07, 6.45) is 2.68. The Balaban J connectivity index is 1.94. The van der Waals surface area contributed by atoms with Crippen molar-refractivity contribution in [1.29, 1.82) is 0 Å². The lowest BCUT2D eigenvalue weighted by Crippen LogP contribution is -2.28. The fourth-order valence-corrected chi connectivity index (χ4v) is 2.66. The minimum absolute atomic E-state index is 0.0162. The molecule has 2 rings (SSSR count). The molecule has 0 radical (unpaired) electrons. The van der Waals surface area contributed by atoms with Crippen molar-refractivity contribution < 1.29 is 9.59 Å². The normalized spacial score (nSPS) is 15.0. The maximum atomic E-state index is 12.4. The van der Waals surface area contributed by atoms with Gasteiger partial charge in [-0.3, -0.25) is 9.59 Å². The Morgan fingerprint density at radius 3 is 2.50 bits per heavy atom. The Bertz CT molecular complexity index is 540. The first-order valence-corrected chi connectivity index (χ1v) is 8.00. The van der Waals surface area contributed by atoms with E-state index in [1.807, 2.05) is 49.9 Å². The fourth-order valence-electron chi connectivity index (χ4n) is 2.66. The number of likely N-dealkylation sites (tertiary alicyclic amines) is 1. The van der Waals surface area contributed by atoms with Crippen LogP contribution in [0.25, 0.3) is 0 Å². The highest BCUT2D eigenvalue weighted by atomic mass is 16.2. The van der Waals surface area contributed by atoms with Gasteiger partial charge < -0.3 is 10.2 Å². The van der Waals surface area contributed by atoms with Crippen molar-refractivity contribution in [3.63, 3.8) is 0 Å². The van der Waals surface area contributed by atoms with Crippen LogP contribution in [0.15, 0.2) is 24.3 Å². The van der Waals surface area contributed by atoms with Crippen LogP contribution in [0.4, 0.5) is 0 Å². The molecule has 1 aromatic carbocycles. The molecule has 0 bridgehead atoms. The molecule has 1 fully saturated rings. The predicted molar refractivity (Wildman–Crippen MR) is 87.5 cm³/mol. The molecule has 1 aromatic rings. The number of amides is 2. The van der Waals surface area contributed by atoms with Crippen LogP contribution in [0.3, 0.4) is 0 Å². The van der Waals surface area contributed by atoms with Crippen molar-refractivity contribution in [2.45, 2.75) is 46.6 Å². The van der Waals surface area contributed by atoms with E-state index in [0.29, 0.717) is 18.5 Å². The molecular formula is C18H26N2O2. The summed E-state index contributed by atoms with van der Waals surface area (Å²) in [5.41, 5.74) is 1.66. The van der Waals surface area contributed by atoms with Gasteiger partial charge in [0.05, 0.1) is 0 Å². The molecule has 4 heteroatoms. The molecule has 0 aromatic heterocycles. The summed E-state index contributed by atoms with van der Waals surface area (Å²) in [4.78, 5) is 26.1. The van der Waals surface area contributed by atoms with Gasteiger partial charge in [0, 0.05) is 31.6 Å². The highest BCUT2D eigenvalue weighted by Gasteiger charge is 2.19. The van der Waals surface area contributed by atoms with Crippen molar-refractivity contribution in [1.82, 2.24) is 10.2 Å². The maximum absolute atomic E-state index is 12.4. The summed E-state index contributed by atoms with van der Waals surface area (Å²) in [5, 5.41) is 2.93. The summed E-state index contributed by atoms with van der Waals surface area (Å²) in [6.45, 7) is 8.30. The first kappa shape index (κ1) is 16.5. The second-order valence-corrected chi connectivity index (χ2v) is 7.21. The third kappa shape index (κ3) is 4.86. The summed E-state index contributed by atoms with van der Waals surface area (Å²) in [7, 11) is 0. The van der Waals surface area contributed by atoms with Gasteiger partial charge in [-0.05, 0) is 36.0 Å². The van der Waals surface area contributed by atoms with E-state index in [0.717, 1.165) is 31.5 Å². The van der Waals surface area contributed by atoms with Crippen LogP contribution in [0.5, 0.6) is 0 Å². The SMILES string of the molecule is CC(C)(C)CC(=O)NCc1cccc(C(=O)N2CCCC2)c1. The van der Waals surface area contributed by atoms with Crippen LogP contribution in [-0.4, -0.2) is 29.8 Å². The largest absolute Gasteiger partial charge is 0.352 e. The minimum Gasteiger partial charge on any atom is -0.352 e. The van der Waals surface area contributed by atoms with Crippen molar-refractivity contribution in [3.05, 3.63) is 35.4 Å². The highest BCUT2D eigenvalue weighted by molar-refractivity contribution is 5.94. The Hall–Kier alpha value is -1.84. The molecule has 2 amide bonds. The minimum atomic E-state index is -0.0162. The Kier molecular flexibility index (Phi) is 5.22. The van der Waals surface area contributed by atoms with Gasteiger partial charge in [0.2, 0.25) is 5.91 Å². The average molecular weight is 302 g/mol. The molecule has 1 N–H and O–H groups in total. The van der Waals surface area contributed by atoms with E-state index >= 15 is 0 Å². The van der Waals surface area contributed by atoms with Crippen LogP contribution in [0.2, 0.25) is 0 Å². The van der Waals surface area contributed by atoms with Gasteiger partial charge in [0.15, 0.2) is 0 Å². The molecule has 120 valence electrons. The fraction of sp³-hybridized carbons (Fsp3) is 0.556. The van der Waals surface area contributed by atoms with E-state index in [2.05, 4.69) is 5.32 Å². The first-order chi connectivity index (χ1) is 10.3. The number of rotatable bonds is 4. The average Bonchev–Trinajstić information content (AvgIpc) is 2.97. The first-order valence-electron chi connectivity index (χ1n) is 8.00. The lowest BCUT2D eigenvalue weighted by molar-refractivity contribution is -0.122. The maximum Gasteiger partial charge on any atom is 0.253 e. The van der Waals surface area contributed by atoms with Crippen molar-refractivity contribution in [2.24, 2.45) is 5.41 Å². The monoisotopic (exact) mass is 302 g/mol. The van der Waals surface area contributed by atoms with Gasteiger partial charge in [-0.25, -0.2) is 0 Å². The highest BCUT2D eigenvalue weighted by Crippen LogP contribution is 2.18. The number of nitrogens with one attached hydrogen (secondary N) is 1. The molecular weight excluding hydrogens is 276 g/mol. The summed E-state index contributed by atoms with van der Waals surface area (Å²) in [5.74, 6) is 0.143. The van der Waals surface area contributed by atoms with Gasteiger partial charge in [0.25, 0.3) is 5.91 Å². The van der Waals surface area contributed by atoms with E-state index in [1.165, 1.54) is 0 Å². The molecule has 0 unspecified atom stereocenters. The van der Waals surface area contributed by atoms with E-state index in [-0.39, 0.29) is 17.2 Å². The molecule has 4 nitrogen and oxygen atoms in total. The van der Waals surface area contributed by atoms with Crippen molar-refractivity contribution >= 4 is 11.8 Å². The van der Waals surface area contributed by atoms with Gasteiger partial charge in [-0.15, -0.1) is 0 Å².